The number of benzene rings is 2. The number of anilines is 3. The van der Waals surface area contributed by atoms with Crippen LogP contribution in [-0.4, -0.2) is 21.7 Å². The summed E-state index contributed by atoms with van der Waals surface area (Å²) < 4.78 is 0. The summed E-state index contributed by atoms with van der Waals surface area (Å²) in [6.07, 6.45) is 2.38. The Hall–Kier alpha value is -2.08. The molecule has 1 aromatic heterocycles. The Bertz CT molecular complexity index is 852. The smallest absolute Gasteiger partial charge is 0.249 e. The molecule has 1 heterocycles. The summed E-state index contributed by atoms with van der Waals surface area (Å²) >= 11 is 17.9. The van der Waals surface area contributed by atoms with Crippen LogP contribution in [0.5, 0.6) is 0 Å². The van der Waals surface area contributed by atoms with E-state index in [1.165, 1.54) is 0 Å². The van der Waals surface area contributed by atoms with Gasteiger partial charge < -0.3 is 10.6 Å². The zero-order valence-electron chi connectivity index (χ0n) is 13.0. The maximum absolute atomic E-state index is 5.98. The van der Waals surface area contributed by atoms with Gasteiger partial charge in [-0.25, -0.2) is 0 Å². The molecule has 0 bridgehead atoms. The quantitative estimate of drug-likeness (QED) is 0.599. The first-order valence-corrected chi connectivity index (χ1v) is 8.63. The number of nitrogens with one attached hydrogen (secondary N) is 2. The van der Waals surface area contributed by atoms with E-state index in [1.54, 1.807) is 24.4 Å². The molecule has 0 aliphatic heterocycles. The summed E-state index contributed by atoms with van der Waals surface area (Å²) in [7, 11) is 0. The molecular formula is C17H14Cl3N5. The van der Waals surface area contributed by atoms with Crippen LogP contribution in [0.1, 0.15) is 5.56 Å². The SMILES string of the molecule is Clc1cccc(CCNc2cnnc(Nc3cc(Cl)cc(Cl)c3)n2)c1. The Balaban J connectivity index is 1.61. The normalized spacial score (nSPS) is 10.5. The highest BCUT2D eigenvalue weighted by molar-refractivity contribution is 6.35. The Morgan fingerprint density at radius 3 is 2.48 bits per heavy atom. The first kappa shape index (κ1) is 17.7. The van der Waals surface area contributed by atoms with Gasteiger partial charge >= 0.3 is 0 Å². The molecule has 0 amide bonds. The Kier molecular flexibility index (Phi) is 5.91. The molecule has 5 nitrogen and oxygen atoms in total. The van der Waals surface area contributed by atoms with Crippen LogP contribution in [0.2, 0.25) is 15.1 Å². The number of aromatic nitrogens is 3. The van der Waals surface area contributed by atoms with Crippen LogP contribution >= 0.6 is 34.8 Å². The lowest BCUT2D eigenvalue weighted by Crippen LogP contribution is -2.08. The lowest BCUT2D eigenvalue weighted by molar-refractivity contribution is 0.950. The van der Waals surface area contributed by atoms with Gasteiger partial charge in [0, 0.05) is 27.3 Å². The van der Waals surface area contributed by atoms with E-state index in [-0.39, 0.29) is 0 Å². The molecule has 2 N–H and O–H groups in total. The third-order valence-electron chi connectivity index (χ3n) is 3.29. The second-order valence-corrected chi connectivity index (χ2v) is 6.56. The Morgan fingerprint density at radius 2 is 1.72 bits per heavy atom. The fraction of sp³-hybridized carbons (Fsp3) is 0.118. The zero-order valence-corrected chi connectivity index (χ0v) is 15.3. The zero-order chi connectivity index (χ0) is 17.6. The van der Waals surface area contributed by atoms with E-state index in [0.29, 0.717) is 34.0 Å². The Morgan fingerprint density at radius 1 is 0.920 bits per heavy atom. The molecule has 2 aromatic carbocycles. The van der Waals surface area contributed by atoms with E-state index in [9.17, 15) is 0 Å². The molecule has 0 saturated carbocycles. The van der Waals surface area contributed by atoms with Gasteiger partial charge in [-0.3, -0.25) is 0 Å². The summed E-state index contributed by atoms with van der Waals surface area (Å²) in [4.78, 5) is 4.37. The van der Waals surface area contributed by atoms with E-state index in [4.69, 9.17) is 34.8 Å². The molecular weight excluding hydrogens is 381 g/mol. The summed E-state index contributed by atoms with van der Waals surface area (Å²) in [6, 6.07) is 12.9. The summed E-state index contributed by atoms with van der Waals surface area (Å²) in [5, 5.41) is 15.9. The summed E-state index contributed by atoms with van der Waals surface area (Å²) in [5.74, 6) is 0.971. The van der Waals surface area contributed by atoms with Gasteiger partial charge in [0.1, 0.15) is 0 Å². The van der Waals surface area contributed by atoms with Crippen molar-refractivity contribution in [3.05, 3.63) is 69.3 Å². The highest BCUT2D eigenvalue weighted by Gasteiger charge is 2.04. The number of hydrogen-bond acceptors (Lipinski definition) is 5. The van der Waals surface area contributed by atoms with Crippen molar-refractivity contribution in [3.8, 4) is 0 Å². The fourth-order valence-corrected chi connectivity index (χ4v) is 2.96. The lowest BCUT2D eigenvalue weighted by Gasteiger charge is -2.08. The fourth-order valence-electron chi connectivity index (χ4n) is 2.22. The molecule has 0 atom stereocenters. The molecule has 0 fully saturated rings. The van der Waals surface area contributed by atoms with Crippen molar-refractivity contribution >= 4 is 52.3 Å². The van der Waals surface area contributed by atoms with Crippen molar-refractivity contribution in [2.75, 3.05) is 17.2 Å². The number of nitrogens with zero attached hydrogens (tertiary/aromatic N) is 3. The molecule has 3 rings (SSSR count). The third-order valence-corrected chi connectivity index (χ3v) is 3.96. The molecule has 8 heteroatoms. The molecule has 0 unspecified atom stereocenters. The minimum absolute atomic E-state index is 0.353. The van der Waals surface area contributed by atoms with E-state index in [1.807, 2.05) is 24.3 Å². The van der Waals surface area contributed by atoms with E-state index < -0.39 is 0 Å². The molecule has 128 valence electrons. The van der Waals surface area contributed by atoms with Crippen molar-refractivity contribution in [3.63, 3.8) is 0 Å². The van der Waals surface area contributed by atoms with E-state index in [2.05, 4.69) is 25.8 Å². The first-order chi connectivity index (χ1) is 12.1. The molecule has 0 saturated heterocycles. The Labute approximate surface area is 160 Å². The van der Waals surface area contributed by atoms with Gasteiger partial charge in [0.2, 0.25) is 5.95 Å². The predicted molar refractivity (Wildman–Crippen MR) is 103 cm³/mol. The van der Waals surface area contributed by atoms with Gasteiger partial charge in [-0.1, -0.05) is 46.9 Å². The molecule has 0 spiro atoms. The van der Waals surface area contributed by atoms with Crippen LogP contribution in [0, 0.1) is 0 Å². The second-order valence-electron chi connectivity index (χ2n) is 5.26. The van der Waals surface area contributed by atoms with Crippen molar-refractivity contribution < 1.29 is 0 Å². The van der Waals surface area contributed by atoms with Gasteiger partial charge in [0.05, 0.1) is 6.20 Å². The van der Waals surface area contributed by atoms with Crippen LogP contribution in [0.4, 0.5) is 17.5 Å². The highest BCUT2D eigenvalue weighted by atomic mass is 35.5. The van der Waals surface area contributed by atoms with Crippen molar-refractivity contribution in [2.45, 2.75) is 6.42 Å². The maximum Gasteiger partial charge on any atom is 0.249 e. The number of halogens is 3. The average molecular weight is 395 g/mol. The highest BCUT2D eigenvalue weighted by Crippen LogP contribution is 2.24. The standard InChI is InChI=1S/C17H14Cl3N5/c18-12-3-1-2-11(6-12)4-5-21-16-10-22-25-17(24-16)23-15-8-13(19)7-14(20)9-15/h1-3,6-10H,4-5H2,(H2,21,23,24,25). The van der Waals surface area contributed by atoms with Crippen LogP contribution in [0.15, 0.2) is 48.7 Å². The van der Waals surface area contributed by atoms with Crippen LogP contribution in [0.25, 0.3) is 0 Å². The second kappa shape index (κ2) is 8.34. The molecule has 0 aliphatic carbocycles. The van der Waals surface area contributed by atoms with E-state index in [0.717, 1.165) is 17.0 Å². The number of rotatable bonds is 6. The van der Waals surface area contributed by atoms with E-state index >= 15 is 0 Å². The third kappa shape index (κ3) is 5.46. The van der Waals surface area contributed by atoms with Crippen LogP contribution < -0.4 is 10.6 Å². The molecule has 0 aliphatic rings. The monoisotopic (exact) mass is 393 g/mol. The maximum atomic E-state index is 5.98. The van der Waals surface area contributed by atoms with Crippen molar-refractivity contribution in [1.29, 1.82) is 0 Å². The van der Waals surface area contributed by atoms with Crippen LogP contribution in [-0.2, 0) is 6.42 Å². The lowest BCUT2D eigenvalue weighted by atomic mass is 10.1. The minimum Gasteiger partial charge on any atom is -0.368 e. The van der Waals surface area contributed by atoms with Crippen molar-refractivity contribution in [1.82, 2.24) is 15.2 Å². The average Bonchev–Trinajstić information content (AvgIpc) is 2.54. The van der Waals surface area contributed by atoms with Gasteiger partial charge in [-0.05, 0) is 42.3 Å². The van der Waals surface area contributed by atoms with Gasteiger partial charge in [0.25, 0.3) is 0 Å². The first-order valence-electron chi connectivity index (χ1n) is 7.50. The van der Waals surface area contributed by atoms with Gasteiger partial charge in [-0.15, -0.1) is 5.10 Å². The molecule has 3 aromatic rings. The number of hydrogen-bond donors (Lipinski definition) is 2. The molecule has 25 heavy (non-hydrogen) atoms. The van der Waals surface area contributed by atoms with Gasteiger partial charge in [-0.2, -0.15) is 10.1 Å². The predicted octanol–water partition coefficient (Wildman–Crippen LogP) is 5.23. The topological polar surface area (TPSA) is 62.7 Å². The summed E-state index contributed by atoms with van der Waals surface area (Å²) in [6.45, 7) is 0.696. The van der Waals surface area contributed by atoms with Crippen molar-refractivity contribution in [2.24, 2.45) is 0 Å². The molecule has 0 radical (unpaired) electrons. The largest absolute Gasteiger partial charge is 0.368 e. The minimum atomic E-state index is 0.353. The van der Waals surface area contributed by atoms with Crippen LogP contribution in [0.3, 0.4) is 0 Å². The van der Waals surface area contributed by atoms with Gasteiger partial charge in [0.15, 0.2) is 5.82 Å². The summed E-state index contributed by atoms with van der Waals surface area (Å²) in [5.41, 5.74) is 1.84.